The number of carbonyl (C=O) groups is 2. The summed E-state index contributed by atoms with van der Waals surface area (Å²) >= 11 is 0. The Bertz CT molecular complexity index is 626. The summed E-state index contributed by atoms with van der Waals surface area (Å²) in [5.74, 6) is -0.808. The van der Waals surface area contributed by atoms with Gasteiger partial charge in [0.15, 0.2) is 6.10 Å². The summed E-state index contributed by atoms with van der Waals surface area (Å²) < 4.78 is 17.6. The molecule has 2 atom stereocenters. The number of aryl methyl sites for hydroxylation is 1. The van der Waals surface area contributed by atoms with Gasteiger partial charge in [0.1, 0.15) is 6.61 Å². The van der Waals surface area contributed by atoms with Gasteiger partial charge >= 0.3 is 14.1 Å². The fourth-order valence-electron chi connectivity index (χ4n) is 2.51. The maximum absolute atomic E-state index is 12.5. The van der Waals surface area contributed by atoms with Gasteiger partial charge in [0.25, 0.3) is 5.91 Å². The lowest BCUT2D eigenvalue weighted by Gasteiger charge is -2.37. The van der Waals surface area contributed by atoms with Crippen molar-refractivity contribution in [2.24, 2.45) is 5.41 Å². The maximum Gasteiger partial charge on any atom is 0.499 e. The van der Waals surface area contributed by atoms with Gasteiger partial charge in [-0.1, -0.05) is 13.8 Å². The number of esters is 1. The second-order valence-corrected chi connectivity index (χ2v) is 8.77. The number of ether oxygens (including phenoxy) is 1. The van der Waals surface area contributed by atoms with Crippen LogP contribution in [0.2, 0.25) is 0 Å². The predicted octanol–water partition coefficient (Wildman–Crippen LogP) is 0.654. The van der Waals surface area contributed by atoms with Crippen molar-refractivity contribution >= 4 is 20.0 Å². The molecule has 1 aromatic heterocycles. The van der Waals surface area contributed by atoms with Crippen molar-refractivity contribution in [1.82, 2.24) is 20.0 Å². The molecule has 1 aromatic rings. The molecule has 0 saturated carbocycles. The zero-order valence-electron chi connectivity index (χ0n) is 15.9. The quantitative estimate of drug-likeness (QED) is 0.312. The third-order valence-electron chi connectivity index (χ3n) is 4.13. The molecule has 1 amide bonds. The molecule has 0 aromatic carbocycles. The van der Waals surface area contributed by atoms with Gasteiger partial charge < -0.3 is 14.6 Å². The van der Waals surface area contributed by atoms with Crippen LogP contribution in [0.3, 0.4) is 0 Å². The molecule has 0 spiro atoms. The van der Waals surface area contributed by atoms with Crippen LogP contribution in [0.5, 0.6) is 0 Å². The molecule has 0 aliphatic carbocycles. The van der Waals surface area contributed by atoms with E-state index in [2.05, 4.69) is 20.1 Å². The van der Waals surface area contributed by atoms with Crippen molar-refractivity contribution in [2.45, 2.75) is 39.3 Å². The van der Waals surface area contributed by atoms with Gasteiger partial charge in [-0.25, -0.2) is 4.98 Å². The van der Waals surface area contributed by atoms with Crippen molar-refractivity contribution in [3.63, 3.8) is 0 Å². The van der Waals surface area contributed by atoms with Gasteiger partial charge in [0.05, 0.1) is 19.9 Å². The summed E-state index contributed by atoms with van der Waals surface area (Å²) in [5, 5.41) is 5.55. The normalized spacial score (nSPS) is 24.4. The number of carbonyl (C=O) groups excluding carboxylic acids is 2. The van der Waals surface area contributed by atoms with Gasteiger partial charge in [0.2, 0.25) is 0 Å². The number of hydrogen-bond acceptors (Lipinski definition) is 8. The first kappa shape index (κ1) is 21.7. The monoisotopic (exact) mass is 403 g/mol. The van der Waals surface area contributed by atoms with Crippen LogP contribution in [0.25, 0.3) is 0 Å². The highest BCUT2D eigenvalue weighted by Gasteiger charge is 2.57. The molecule has 1 saturated heterocycles. The molecule has 1 aliphatic rings. The van der Waals surface area contributed by atoms with E-state index in [1.165, 1.54) is 7.11 Å². The molecule has 27 heavy (non-hydrogen) atoms. The zero-order chi connectivity index (χ0) is 19.9. The fraction of sp³-hybridized carbons (Fsp3) is 0.688. The molecular weight excluding hydrogens is 375 g/mol. The van der Waals surface area contributed by atoms with Gasteiger partial charge in [-0.2, -0.15) is 9.42 Å². The van der Waals surface area contributed by atoms with E-state index < -0.39 is 31.5 Å². The van der Waals surface area contributed by atoms with Crippen LogP contribution >= 0.6 is 8.09 Å². The summed E-state index contributed by atoms with van der Waals surface area (Å²) in [6, 6.07) is 0. The number of imidazole rings is 1. The van der Waals surface area contributed by atoms with Crippen molar-refractivity contribution < 1.29 is 28.3 Å². The number of nitrogens with one attached hydrogen (secondary N) is 2. The molecule has 2 rings (SSSR count). The number of rotatable bonds is 9. The van der Waals surface area contributed by atoms with Crippen LogP contribution in [0.1, 0.15) is 26.7 Å². The highest BCUT2D eigenvalue weighted by molar-refractivity contribution is 7.58. The second kappa shape index (κ2) is 9.57. The smallest absolute Gasteiger partial charge is 0.469 e. The van der Waals surface area contributed by atoms with E-state index in [0.717, 1.165) is 13.0 Å². The fourth-order valence-corrected chi connectivity index (χ4v) is 4.36. The van der Waals surface area contributed by atoms with Crippen molar-refractivity contribution in [2.75, 3.05) is 26.8 Å². The summed E-state index contributed by atoms with van der Waals surface area (Å²) in [5.41, 5.74) is -0.625. The molecular formula is C16H28N4O6P+. The Kier molecular flexibility index (Phi) is 7.69. The lowest BCUT2D eigenvalue weighted by molar-refractivity contribution is -0.142. The Balaban J connectivity index is 1.84. The third kappa shape index (κ3) is 6.51. The summed E-state index contributed by atoms with van der Waals surface area (Å²) in [6.07, 6.45) is 5.17. The summed E-state index contributed by atoms with van der Waals surface area (Å²) in [7, 11) is -2.05. The van der Waals surface area contributed by atoms with Gasteiger partial charge in [-0.3, -0.25) is 9.59 Å². The standard InChI is InChI=1S/C16H27N4O6P/c1-16(2)11-25-27(23,19-6-4-9-20-10-8-17-12-20)26-14(16)15(22)18-7-5-13(21)24-3/h8,10,12,14,19,23H,4-7,9,11H2,1-3H3/p+1/t14-,27?/m0/s1. The minimum atomic E-state index is -3.34. The van der Waals surface area contributed by atoms with Crippen molar-refractivity contribution in [3.8, 4) is 0 Å². The topological polar surface area (TPSA) is 124 Å². The maximum atomic E-state index is 12.5. The van der Waals surface area contributed by atoms with Crippen LogP contribution in [-0.4, -0.2) is 59.2 Å². The Morgan fingerprint density at radius 2 is 2.22 bits per heavy atom. The highest BCUT2D eigenvalue weighted by atomic mass is 31.2. The molecule has 0 radical (unpaired) electrons. The number of methoxy groups -OCH3 is 1. The first-order valence-electron chi connectivity index (χ1n) is 8.76. The minimum Gasteiger partial charge on any atom is -0.469 e. The molecule has 0 bridgehead atoms. The Hall–Kier alpha value is -1.58. The Morgan fingerprint density at radius 3 is 2.89 bits per heavy atom. The van der Waals surface area contributed by atoms with Gasteiger partial charge in [0, 0.05) is 37.4 Å². The van der Waals surface area contributed by atoms with E-state index in [-0.39, 0.29) is 19.6 Å². The number of nitrogens with zero attached hydrogens (tertiary/aromatic N) is 2. The average Bonchev–Trinajstić information content (AvgIpc) is 3.14. The minimum absolute atomic E-state index is 0.0673. The van der Waals surface area contributed by atoms with E-state index in [1.54, 1.807) is 12.5 Å². The lowest BCUT2D eigenvalue weighted by atomic mass is 9.87. The molecule has 11 heteroatoms. The zero-order valence-corrected chi connectivity index (χ0v) is 16.8. The molecule has 1 aliphatic heterocycles. The second-order valence-electron chi connectivity index (χ2n) is 6.95. The first-order valence-corrected chi connectivity index (χ1v) is 10.3. The number of aromatic nitrogens is 2. The highest BCUT2D eigenvalue weighted by Crippen LogP contribution is 2.59. The van der Waals surface area contributed by atoms with E-state index in [0.29, 0.717) is 6.54 Å². The summed E-state index contributed by atoms with van der Waals surface area (Å²) in [6.45, 7) is 5.13. The predicted molar refractivity (Wildman–Crippen MR) is 98.2 cm³/mol. The molecule has 3 N–H and O–H groups in total. The molecule has 1 unspecified atom stereocenters. The van der Waals surface area contributed by atoms with Crippen LogP contribution < -0.4 is 10.4 Å². The van der Waals surface area contributed by atoms with Crippen LogP contribution in [0.15, 0.2) is 18.7 Å². The average molecular weight is 403 g/mol. The van der Waals surface area contributed by atoms with E-state index in [1.807, 2.05) is 24.6 Å². The number of amides is 1. The Morgan fingerprint density at radius 1 is 1.44 bits per heavy atom. The molecule has 152 valence electrons. The van der Waals surface area contributed by atoms with E-state index in [9.17, 15) is 14.5 Å². The van der Waals surface area contributed by atoms with Crippen LogP contribution in [-0.2, 0) is 29.9 Å². The van der Waals surface area contributed by atoms with Crippen LogP contribution in [0.4, 0.5) is 0 Å². The molecule has 1 fully saturated rings. The van der Waals surface area contributed by atoms with Crippen molar-refractivity contribution in [1.29, 1.82) is 0 Å². The molecule has 2 heterocycles. The van der Waals surface area contributed by atoms with E-state index in [4.69, 9.17) is 9.05 Å². The third-order valence-corrected chi connectivity index (χ3v) is 5.73. The Labute approximate surface area is 159 Å². The van der Waals surface area contributed by atoms with Gasteiger partial charge in [-0.15, -0.1) is 9.61 Å². The van der Waals surface area contributed by atoms with E-state index >= 15 is 0 Å². The first-order chi connectivity index (χ1) is 12.8. The number of hydrogen-bond donors (Lipinski definition) is 3. The summed E-state index contributed by atoms with van der Waals surface area (Å²) in [4.78, 5) is 38.2. The SMILES string of the molecule is COC(=O)CCNC(=O)[C@@H]1O[P+](O)(NCCCn2ccnc2)OCC1(C)C. The lowest BCUT2D eigenvalue weighted by Crippen LogP contribution is -2.51. The van der Waals surface area contributed by atoms with Crippen molar-refractivity contribution in [3.05, 3.63) is 18.7 Å². The largest absolute Gasteiger partial charge is 0.499 e. The molecule has 10 nitrogen and oxygen atoms in total. The van der Waals surface area contributed by atoms with Gasteiger partial charge in [-0.05, 0) is 6.42 Å². The van der Waals surface area contributed by atoms with Crippen LogP contribution in [0, 0.1) is 5.41 Å².